The summed E-state index contributed by atoms with van der Waals surface area (Å²) in [4.78, 5) is 10.6. The summed E-state index contributed by atoms with van der Waals surface area (Å²) in [6.07, 6.45) is 1.34. The molecule has 7 heteroatoms. The maximum atomic E-state index is 10.6. The van der Waals surface area contributed by atoms with E-state index in [1.807, 2.05) is 0 Å². The number of carbonyl (C=O) groups is 1. The number of benzene rings is 1. The minimum atomic E-state index is -1.14. The molecule has 0 radical (unpaired) electrons. The van der Waals surface area contributed by atoms with E-state index in [4.69, 9.17) is 36.7 Å². The number of rotatable bonds is 6. The zero-order valence-electron chi connectivity index (χ0n) is 11.1. The van der Waals surface area contributed by atoms with Crippen LogP contribution in [0.4, 0.5) is 0 Å². The molecule has 0 aliphatic carbocycles. The van der Waals surface area contributed by atoms with Crippen molar-refractivity contribution in [2.75, 3.05) is 13.2 Å². The Hall–Kier alpha value is -2.70. The number of halogens is 1. The molecule has 108 valence electrons. The molecule has 1 aromatic rings. The summed E-state index contributed by atoms with van der Waals surface area (Å²) in [5.74, 6) is -0.796. The molecule has 21 heavy (non-hydrogen) atoms. The summed E-state index contributed by atoms with van der Waals surface area (Å²) < 4.78 is 10.4. The van der Waals surface area contributed by atoms with Gasteiger partial charge in [0.2, 0.25) is 0 Å². The molecule has 0 saturated carbocycles. The fourth-order valence-electron chi connectivity index (χ4n) is 1.46. The zero-order chi connectivity index (χ0) is 15.8. The topological polar surface area (TPSA) is 103 Å². The minimum Gasteiger partial charge on any atom is -0.490 e. The summed E-state index contributed by atoms with van der Waals surface area (Å²) in [6, 6.07) is 6.44. The van der Waals surface area contributed by atoms with E-state index in [2.05, 4.69) is 0 Å². The standard InChI is InChI=1S/C14H11ClN2O4/c1-2-20-12-5-9(3-10(6-16)7-17)4-11(15)14(12)21-8-13(18)19/h3-5H,2,8H2,1H3,(H,18,19). The number of ether oxygens (including phenoxy) is 2. The number of carboxylic acids is 1. The van der Waals surface area contributed by atoms with Crippen LogP contribution in [0.25, 0.3) is 6.08 Å². The summed E-state index contributed by atoms with van der Waals surface area (Å²) >= 11 is 6.03. The first-order chi connectivity index (χ1) is 10.0. The first-order valence-corrected chi connectivity index (χ1v) is 6.22. The highest BCUT2D eigenvalue weighted by Gasteiger charge is 2.13. The fourth-order valence-corrected chi connectivity index (χ4v) is 1.74. The van der Waals surface area contributed by atoms with E-state index in [1.165, 1.54) is 18.2 Å². The predicted octanol–water partition coefficient (Wildman–Crippen LogP) is 2.63. The smallest absolute Gasteiger partial charge is 0.341 e. The van der Waals surface area contributed by atoms with Crippen molar-refractivity contribution in [2.24, 2.45) is 0 Å². The zero-order valence-corrected chi connectivity index (χ0v) is 11.8. The second-order valence-electron chi connectivity index (χ2n) is 3.73. The van der Waals surface area contributed by atoms with Crippen molar-refractivity contribution >= 4 is 23.6 Å². The van der Waals surface area contributed by atoms with Gasteiger partial charge in [-0.1, -0.05) is 11.6 Å². The summed E-state index contributed by atoms with van der Waals surface area (Å²) in [5.41, 5.74) is 0.386. The molecule has 0 spiro atoms. The molecule has 1 rings (SSSR count). The summed E-state index contributed by atoms with van der Waals surface area (Å²) in [7, 11) is 0. The van der Waals surface area contributed by atoms with Crippen LogP contribution in [0.1, 0.15) is 12.5 Å². The van der Waals surface area contributed by atoms with Crippen molar-refractivity contribution in [3.63, 3.8) is 0 Å². The van der Waals surface area contributed by atoms with E-state index in [-0.39, 0.29) is 22.1 Å². The van der Waals surface area contributed by atoms with E-state index in [0.717, 1.165) is 0 Å². The third-order valence-corrected chi connectivity index (χ3v) is 2.50. The molecule has 0 unspecified atom stereocenters. The van der Waals surface area contributed by atoms with Crippen LogP contribution in [0, 0.1) is 22.7 Å². The van der Waals surface area contributed by atoms with Gasteiger partial charge in [0.25, 0.3) is 0 Å². The van der Waals surface area contributed by atoms with Crippen molar-refractivity contribution in [1.29, 1.82) is 10.5 Å². The van der Waals surface area contributed by atoms with Crippen LogP contribution in [-0.2, 0) is 4.79 Å². The van der Waals surface area contributed by atoms with Crippen LogP contribution in [0.5, 0.6) is 11.5 Å². The van der Waals surface area contributed by atoms with Crippen LogP contribution >= 0.6 is 11.6 Å². The van der Waals surface area contributed by atoms with Gasteiger partial charge >= 0.3 is 5.97 Å². The molecule has 1 N–H and O–H groups in total. The number of hydrogen-bond donors (Lipinski definition) is 1. The van der Waals surface area contributed by atoms with Crippen LogP contribution in [0.15, 0.2) is 17.7 Å². The van der Waals surface area contributed by atoms with Crippen molar-refractivity contribution in [1.82, 2.24) is 0 Å². The van der Waals surface area contributed by atoms with Gasteiger partial charge in [-0.3, -0.25) is 0 Å². The average molecular weight is 307 g/mol. The van der Waals surface area contributed by atoms with Crippen molar-refractivity contribution in [3.05, 3.63) is 28.3 Å². The van der Waals surface area contributed by atoms with E-state index in [9.17, 15) is 4.79 Å². The lowest BCUT2D eigenvalue weighted by atomic mass is 10.1. The Morgan fingerprint density at radius 3 is 2.57 bits per heavy atom. The minimum absolute atomic E-state index is 0.0901. The third kappa shape index (κ3) is 4.72. The molecule has 0 atom stereocenters. The molecule has 0 aromatic heterocycles. The summed E-state index contributed by atoms with van der Waals surface area (Å²) in [5, 5.41) is 26.2. The Balaban J connectivity index is 3.24. The van der Waals surface area contributed by atoms with Gasteiger partial charge in [-0.25, -0.2) is 4.79 Å². The monoisotopic (exact) mass is 306 g/mol. The van der Waals surface area contributed by atoms with Crippen molar-refractivity contribution in [3.8, 4) is 23.6 Å². The van der Waals surface area contributed by atoms with Gasteiger partial charge in [0, 0.05) is 0 Å². The molecule has 0 aliphatic heterocycles. The number of nitriles is 2. The number of carboxylic acid groups (broad SMARTS) is 1. The lowest BCUT2D eigenvalue weighted by molar-refractivity contribution is -0.139. The largest absolute Gasteiger partial charge is 0.490 e. The Morgan fingerprint density at radius 1 is 1.38 bits per heavy atom. The molecule has 0 saturated heterocycles. The highest BCUT2D eigenvalue weighted by atomic mass is 35.5. The van der Waals surface area contributed by atoms with E-state index in [0.29, 0.717) is 12.2 Å². The number of nitrogens with zero attached hydrogens (tertiary/aromatic N) is 2. The molecule has 0 aliphatic rings. The first-order valence-electron chi connectivity index (χ1n) is 5.84. The van der Waals surface area contributed by atoms with Crippen LogP contribution in [0.2, 0.25) is 5.02 Å². The molecule has 1 aromatic carbocycles. The molecule has 6 nitrogen and oxygen atoms in total. The Labute approximate surface area is 126 Å². The van der Waals surface area contributed by atoms with Crippen LogP contribution in [-0.4, -0.2) is 24.3 Å². The Kier molecular flexibility index (Phi) is 6.06. The van der Waals surface area contributed by atoms with Gasteiger partial charge in [0.05, 0.1) is 11.6 Å². The van der Waals surface area contributed by atoms with Gasteiger partial charge < -0.3 is 14.6 Å². The van der Waals surface area contributed by atoms with Gasteiger partial charge in [0.15, 0.2) is 18.1 Å². The number of hydrogen-bond acceptors (Lipinski definition) is 5. The van der Waals surface area contributed by atoms with Crippen LogP contribution < -0.4 is 9.47 Å². The predicted molar refractivity (Wildman–Crippen MR) is 75.0 cm³/mol. The lowest BCUT2D eigenvalue weighted by Gasteiger charge is -2.13. The highest BCUT2D eigenvalue weighted by Crippen LogP contribution is 2.37. The van der Waals surface area contributed by atoms with Gasteiger partial charge in [-0.15, -0.1) is 0 Å². The summed E-state index contributed by atoms with van der Waals surface area (Å²) in [6.45, 7) is 1.50. The maximum absolute atomic E-state index is 10.6. The quantitative estimate of drug-likeness (QED) is 0.810. The van der Waals surface area contributed by atoms with Gasteiger partial charge in [-0.2, -0.15) is 10.5 Å². The molecule has 0 amide bonds. The van der Waals surface area contributed by atoms with E-state index >= 15 is 0 Å². The molecule has 0 heterocycles. The number of allylic oxidation sites excluding steroid dienone is 1. The lowest BCUT2D eigenvalue weighted by Crippen LogP contribution is -2.10. The highest BCUT2D eigenvalue weighted by molar-refractivity contribution is 6.32. The molecule has 0 fully saturated rings. The molecule has 0 bridgehead atoms. The van der Waals surface area contributed by atoms with Gasteiger partial charge in [0.1, 0.15) is 17.7 Å². The molecular weight excluding hydrogens is 296 g/mol. The average Bonchev–Trinajstić information content (AvgIpc) is 2.43. The third-order valence-electron chi connectivity index (χ3n) is 2.22. The van der Waals surface area contributed by atoms with Crippen molar-refractivity contribution < 1.29 is 19.4 Å². The van der Waals surface area contributed by atoms with Gasteiger partial charge in [-0.05, 0) is 30.7 Å². The SMILES string of the molecule is CCOc1cc(C=C(C#N)C#N)cc(Cl)c1OCC(=O)O. The Morgan fingerprint density at radius 2 is 2.05 bits per heavy atom. The normalized spacial score (nSPS) is 9.14. The van der Waals surface area contributed by atoms with Crippen molar-refractivity contribution in [2.45, 2.75) is 6.92 Å². The first kappa shape index (κ1) is 16.4. The second-order valence-corrected chi connectivity index (χ2v) is 4.13. The fraction of sp³-hybridized carbons (Fsp3) is 0.214. The second kappa shape index (κ2) is 7.78. The Bertz CT molecular complexity index is 640. The van der Waals surface area contributed by atoms with E-state index < -0.39 is 12.6 Å². The maximum Gasteiger partial charge on any atom is 0.341 e. The van der Waals surface area contributed by atoms with Crippen LogP contribution in [0.3, 0.4) is 0 Å². The van der Waals surface area contributed by atoms with E-state index in [1.54, 1.807) is 19.1 Å². The number of aliphatic carboxylic acids is 1. The molecular formula is C14H11ClN2O4.